The summed E-state index contributed by atoms with van der Waals surface area (Å²) >= 11 is 6.49. The van der Waals surface area contributed by atoms with E-state index in [1.54, 1.807) is 30.3 Å². The number of esters is 1. The minimum atomic E-state index is -3.61. The first-order valence-corrected chi connectivity index (χ1v) is 9.12. The summed E-state index contributed by atoms with van der Waals surface area (Å²) < 4.78 is 32.4. The van der Waals surface area contributed by atoms with Gasteiger partial charge in [-0.2, -0.15) is 0 Å². The van der Waals surface area contributed by atoms with E-state index in [1.807, 2.05) is 0 Å². The molecule has 0 amide bonds. The van der Waals surface area contributed by atoms with E-state index in [0.717, 1.165) is 19.3 Å². The average molecular weight is 344 g/mol. The molecule has 0 aromatic heterocycles. The van der Waals surface area contributed by atoms with Gasteiger partial charge in [-0.15, -0.1) is 11.6 Å². The summed E-state index contributed by atoms with van der Waals surface area (Å²) in [6.07, 6.45) is 2.39. The van der Waals surface area contributed by atoms with Crippen molar-refractivity contribution in [3.05, 3.63) is 30.3 Å². The van der Waals surface area contributed by atoms with Gasteiger partial charge in [0.05, 0.1) is 12.0 Å². The van der Waals surface area contributed by atoms with Crippen LogP contribution in [0, 0.1) is 11.8 Å². The van der Waals surface area contributed by atoms with E-state index in [4.69, 9.17) is 16.3 Å². The predicted octanol–water partition coefficient (Wildman–Crippen LogP) is 1.91. The molecule has 2 aliphatic carbocycles. The van der Waals surface area contributed by atoms with Gasteiger partial charge in [0.2, 0.25) is 10.0 Å². The van der Waals surface area contributed by atoms with Gasteiger partial charge in [0, 0.05) is 17.9 Å². The third-order valence-electron chi connectivity index (χ3n) is 4.82. The standard InChI is InChI=1S/C15H18ClNO4S/c1-21-14(18)15(16)11-8-5-9-12(15)13(11)17-22(19,20)10-6-3-2-4-7-10/h2-4,6-7,11-13,17H,5,8-9H2,1H3/t11-,12+,13?,15?. The van der Waals surface area contributed by atoms with E-state index in [2.05, 4.69) is 4.72 Å². The maximum Gasteiger partial charge on any atom is 0.327 e. The van der Waals surface area contributed by atoms with Gasteiger partial charge in [-0.05, 0) is 25.0 Å². The first-order chi connectivity index (χ1) is 10.4. The zero-order valence-corrected chi connectivity index (χ0v) is 13.7. The summed E-state index contributed by atoms with van der Waals surface area (Å²) in [6, 6.07) is 7.90. The number of sulfonamides is 1. The van der Waals surface area contributed by atoms with Crippen molar-refractivity contribution < 1.29 is 17.9 Å². The molecule has 4 atom stereocenters. The van der Waals surface area contributed by atoms with E-state index in [9.17, 15) is 13.2 Å². The number of fused-ring (bicyclic) bond motifs is 2. The Bertz CT molecular complexity index is 664. The Balaban J connectivity index is 1.82. The van der Waals surface area contributed by atoms with Crippen LogP contribution in [-0.2, 0) is 19.6 Å². The van der Waals surface area contributed by atoms with Crippen LogP contribution in [0.2, 0.25) is 0 Å². The molecular formula is C15H18ClNO4S. The summed E-state index contributed by atoms with van der Waals surface area (Å²) in [4.78, 5) is 11.1. The average Bonchev–Trinajstić information content (AvgIpc) is 2.55. The van der Waals surface area contributed by atoms with Crippen molar-refractivity contribution in [2.24, 2.45) is 11.8 Å². The van der Waals surface area contributed by atoms with Crippen LogP contribution in [0.15, 0.2) is 35.2 Å². The van der Waals surface area contributed by atoms with Crippen LogP contribution in [0.25, 0.3) is 0 Å². The topological polar surface area (TPSA) is 72.5 Å². The molecule has 1 aromatic carbocycles. The van der Waals surface area contributed by atoms with Gasteiger partial charge in [-0.25, -0.2) is 13.1 Å². The maximum atomic E-state index is 12.4. The number of rotatable bonds is 4. The highest BCUT2D eigenvalue weighted by Crippen LogP contribution is 2.58. The summed E-state index contributed by atoms with van der Waals surface area (Å²) in [5.74, 6) is -0.906. The van der Waals surface area contributed by atoms with E-state index in [1.165, 1.54) is 7.11 Å². The highest BCUT2D eigenvalue weighted by atomic mass is 35.5. The molecule has 2 saturated carbocycles. The van der Waals surface area contributed by atoms with Crippen LogP contribution in [0.5, 0.6) is 0 Å². The smallest absolute Gasteiger partial charge is 0.327 e. The quantitative estimate of drug-likeness (QED) is 0.669. The van der Waals surface area contributed by atoms with Crippen molar-refractivity contribution in [2.45, 2.75) is 35.1 Å². The lowest BCUT2D eigenvalue weighted by atomic mass is 9.53. The molecule has 3 rings (SSSR count). The third-order valence-corrected chi connectivity index (χ3v) is 7.01. The number of methoxy groups -OCH3 is 1. The van der Waals surface area contributed by atoms with Crippen LogP contribution >= 0.6 is 11.6 Å². The van der Waals surface area contributed by atoms with Crippen molar-refractivity contribution in [3.8, 4) is 0 Å². The minimum absolute atomic E-state index is 0.221. The Morgan fingerprint density at radius 1 is 1.27 bits per heavy atom. The third kappa shape index (κ3) is 2.25. The molecule has 1 aromatic rings. The summed E-state index contributed by atoms with van der Waals surface area (Å²) in [6.45, 7) is 0. The molecule has 0 spiro atoms. The Morgan fingerprint density at radius 2 is 1.86 bits per heavy atom. The molecule has 22 heavy (non-hydrogen) atoms. The van der Waals surface area contributed by atoms with Crippen molar-refractivity contribution in [2.75, 3.05) is 7.11 Å². The fourth-order valence-corrected chi connectivity index (χ4v) is 5.67. The fourth-order valence-electron chi connectivity index (χ4n) is 3.77. The fraction of sp³-hybridized carbons (Fsp3) is 0.533. The van der Waals surface area contributed by atoms with Crippen molar-refractivity contribution in [3.63, 3.8) is 0 Å². The molecule has 2 bridgehead atoms. The normalized spacial score (nSPS) is 33.8. The molecular weight excluding hydrogens is 326 g/mol. The molecule has 2 fully saturated rings. The second-order valence-corrected chi connectivity index (χ2v) is 8.20. The zero-order valence-electron chi connectivity index (χ0n) is 12.2. The van der Waals surface area contributed by atoms with Crippen LogP contribution in [0.4, 0.5) is 0 Å². The number of hydrogen-bond donors (Lipinski definition) is 1. The maximum absolute atomic E-state index is 12.4. The Labute approximate surface area is 135 Å². The zero-order chi connectivity index (χ0) is 16.0. The summed E-state index contributed by atoms with van der Waals surface area (Å²) in [5, 5.41) is 0. The van der Waals surface area contributed by atoms with E-state index < -0.39 is 20.9 Å². The number of hydrogen-bond acceptors (Lipinski definition) is 4. The lowest BCUT2D eigenvalue weighted by Gasteiger charge is -2.59. The van der Waals surface area contributed by atoms with Crippen LogP contribution < -0.4 is 4.72 Å². The van der Waals surface area contributed by atoms with Gasteiger partial charge in [-0.1, -0.05) is 24.6 Å². The molecule has 1 N–H and O–H groups in total. The molecule has 0 heterocycles. The van der Waals surface area contributed by atoms with Gasteiger partial charge < -0.3 is 4.74 Å². The first kappa shape index (κ1) is 15.8. The summed E-state index contributed by atoms with van der Waals surface area (Å²) in [7, 11) is -2.30. The minimum Gasteiger partial charge on any atom is -0.468 e. The highest BCUT2D eigenvalue weighted by Gasteiger charge is 2.68. The van der Waals surface area contributed by atoms with Gasteiger partial charge in [0.1, 0.15) is 0 Å². The number of alkyl halides is 1. The van der Waals surface area contributed by atoms with Gasteiger partial charge in [-0.3, -0.25) is 4.79 Å². The molecule has 2 unspecified atom stereocenters. The molecule has 0 radical (unpaired) electrons. The van der Waals surface area contributed by atoms with Gasteiger partial charge in [0.25, 0.3) is 0 Å². The molecule has 7 heteroatoms. The molecule has 5 nitrogen and oxygen atoms in total. The first-order valence-electron chi connectivity index (χ1n) is 7.26. The van der Waals surface area contributed by atoms with E-state index >= 15 is 0 Å². The Morgan fingerprint density at radius 3 is 2.41 bits per heavy atom. The highest BCUT2D eigenvalue weighted by molar-refractivity contribution is 7.89. The van der Waals surface area contributed by atoms with Crippen LogP contribution in [-0.4, -0.2) is 32.4 Å². The predicted molar refractivity (Wildman–Crippen MR) is 82.0 cm³/mol. The van der Waals surface area contributed by atoms with Crippen molar-refractivity contribution in [1.82, 2.24) is 4.72 Å². The monoisotopic (exact) mass is 343 g/mol. The largest absolute Gasteiger partial charge is 0.468 e. The lowest BCUT2D eigenvalue weighted by molar-refractivity contribution is -0.158. The summed E-state index contributed by atoms with van der Waals surface area (Å²) in [5.41, 5.74) is 0. The van der Waals surface area contributed by atoms with Crippen LogP contribution in [0.1, 0.15) is 19.3 Å². The van der Waals surface area contributed by atoms with Crippen molar-refractivity contribution in [1.29, 1.82) is 0 Å². The Hall–Kier alpha value is -1.11. The number of carbonyl (C=O) groups is 1. The van der Waals surface area contributed by atoms with Crippen LogP contribution in [0.3, 0.4) is 0 Å². The van der Waals surface area contributed by atoms with Crippen molar-refractivity contribution >= 4 is 27.6 Å². The van der Waals surface area contributed by atoms with E-state index in [0.29, 0.717) is 0 Å². The molecule has 120 valence electrons. The number of carbonyl (C=O) groups excluding carboxylic acids is 1. The lowest BCUT2D eigenvalue weighted by Crippen LogP contribution is -2.73. The van der Waals surface area contributed by atoms with Gasteiger partial charge >= 0.3 is 5.97 Å². The number of nitrogens with one attached hydrogen (secondary N) is 1. The number of halogens is 1. The SMILES string of the molecule is COC(=O)C1(Cl)[C@@H]2CCC[C@H]1C2NS(=O)(=O)c1ccccc1. The van der Waals surface area contributed by atoms with E-state index in [-0.39, 0.29) is 22.8 Å². The molecule has 0 saturated heterocycles. The second-order valence-electron chi connectivity index (χ2n) is 5.86. The Kier molecular flexibility index (Phi) is 3.95. The number of benzene rings is 1. The number of ether oxygens (including phenoxy) is 1. The molecule has 2 aliphatic rings. The van der Waals surface area contributed by atoms with Gasteiger partial charge in [0.15, 0.2) is 4.87 Å². The second kappa shape index (κ2) is 5.51. The molecule has 0 aliphatic heterocycles.